The SMILES string of the molecule is Cc1ccc(C(N)=O)cc1NC(=O)NC(C)c1ccc(Cl)cc1Cl. The Morgan fingerprint density at radius 1 is 1.12 bits per heavy atom. The smallest absolute Gasteiger partial charge is 0.319 e. The molecule has 0 saturated carbocycles. The zero-order valence-corrected chi connectivity index (χ0v) is 14.7. The molecule has 2 aromatic rings. The molecule has 0 spiro atoms. The number of amides is 3. The fourth-order valence-electron chi connectivity index (χ4n) is 2.20. The average Bonchev–Trinajstić information content (AvgIpc) is 2.48. The van der Waals surface area contributed by atoms with Crippen molar-refractivity contribution in [2.75, 3.05) is 5.32 Å². The molecular formula is C17H17Cl2N3O2. The van der Waals surface area contributed by atoms with E-state index in [0.717, 1.165) is 11.1 Å². The standard InChI is InChI=1S/C17H17Cl2N3O2/c1-9-3-4-11(16(20)23)7-15(9)22-17(24)21-10(2)13-6-5-12(18)8-14(13)19/h3-8,10H,1-2H3,(H2,20,23)(H2,21,22,24). The van der Waals surface area contributed by atoms with Gasteiger partial charge in [-0.2, -0.15) is 0 Å². The predicted molar refractivity (Wildman–Crippen MR) is 96.7 cm³/mol. The Kier molecular flexibility index (Phi) is 5.70. The van der Waals surface area contributed by atoms with E-state index in [4.69, 9.17) is 28.9 Å². The van der Waals surface area contributed by atoms with Gasteiger partial charge in [-0.1, -0.05) is 35.3 Å². The molecule has 1 unspecified atom stereocenters. The summed E-state index contributed by atoms with van der Waals surface area (Å²) in [5, 5.41) is 6.50. The third kappa shape index (κ3) is 4.40. The van der Waals surface area contributed by atoms with Crippen LogP contribution in [-0.4, -0.2) is 11.9 Å². The second-order valence-electron chi connectivity index (χ2n) is 5.38. The fourth-order valence-corrected chi connectivity index (χ4v) is 2.77. The van der Waals surface area contributed by atoms with E-state index in [1.54, 1.807) is 37.3 Å². The Bertz CT molecular complexity index is 793. The van der Waals surface area contributed by atoms with Crippen molar-refractivity contribution in [3.8, 4) is 0 Å². The molecule has 0 heterocycles. The van der Waals surface area contributed by atoms with Crippen LogP contribution >= 0.6 is 23.2 Å². The van der Waals surface area contributed by atoms with Crippen LogP contribution in [0.4, 0.5) is 10.5 Å². The number of rotatable bonds is 4. The van der Waals surface area contributed by atoms with Gasteiger partial charge in [-0.05, 0) is 49.2 Å². The van der Waals surface area contributed by atoms with Crippen molar-refractivity contribution in [2.24, 2.45) is 5.73 Å². The highest BCUT2D eigenvalue weighted by molar-refractivity contribution is 6.35. The zero-order valence-electron chi connectivity index (χ0n) is 13.2. The summed E-state index contributed by atoms with van der Waals surface area (Å²) >= 11 is 12.0. The van der Waals surface area contributed by atoms with Gasteiger partial charge >= 0.3 is 6.03 Å². The molecular weight excluding hydrogens is 349 g/mol. The molecule has 0 aliphatic carbocycles. The maximum atomic E-state index is 12.2. The summed E-state index contributed by atoms with van der Waals surface area (Å²) in [6, 6.07) is 9.21. The topological polar surface area (TPSA) is 84.2 Å². The van der Waals surface area contributed by atoms with Crippen LogP contribution < -0.4 is 16.4 Å². The third-order valence-electron chi connectivity index (χ3n) is 3.55. The van der Waals surface area contributed by atoms with Gasteiger partial charge in [0.05, 0.1) is 6.04 Å². The Labute approximate surface area is 150 Å². The minimum Gasteiger partial charge on any atom is -0.366 e. The van der Waals surface area contributed by atoms with Crippen molar-refractivity contribution < 1.29 is 9.59 Å². The second kappa shape index (κ2) is 7.55. The Morgan fingerprint density at radius 3 is 2.46 bits per heavy atom. The highest BCUT2D eigenvalue weighted by Crippen LogP contribution is 2.26. The van der Waals surface area contributed by atoms with Gasteiger partial charge in [-0.25, -0.2) is 4.79 Å². The first-order valence-corrected chi connectivity index (χ1v) is 7.96. The Hall–Kier alpha value is -2.24. The van der Waals surface area contributed by atoms with Gasteiger partial charge in [-0.3, -0.25) is 4.79 Å². The first-order chi connectivity index (χ1) is 11.3. The summed E-state index contributed by atoms with van der Waals surface area (Å²) in [5.74, 6) is -0.556. The molecule has 2 aromatic carbocycles. The van der Waals surface area contributed by atoms with Crippen LogP contribution in [0.3, 0.4) is 0 Å². The van der Waals surface area contributed by atoms with E-state index in [0.29, 0.717) is 21.3 Å². The lowest BCUT2D eigenvalue weighted by Gasteiger charge is -2.17. The largest absolute Gasteiger partial charge is 0.366 e. The van der Waals surface area contributed by atoms with Gasteiger partial charge in [-0.15, -0.1) is 0 Å². The van der Waals surface area contributed by atoms with Crippen LogP contribution in [0.15, 0.2) is 36.4 Å². The maximum absolute atomic E-state index is 12.2. The average molecular weight is 366 g/mol. The number of carbonyl (C=O) groups is 2. The van der Waals surface area contributed by atoms with Gasteiger partial charge in [0.25, 0.3) is 0 Å². The van der Waals surface area contributed by atoms with E-state index in [9.17, 15) is 9.59 Å². The summed E-state index contributed by atoms with van der Waals surface area (Å²) in [6.45, 7) is 3.63. The van der Waals surface area contributed by atoms with Gasteiger partial charge in [0, 0.05) is 21.3 Å². The van der Waals surface area contributed by atoms with Crippen LogP contribution in [0.5, 0.6) is 0 Å². The molecule has 5 nitrogen and oxygen atoms in total. The quantitative estimate of drug-likeness (QED) is 0.754. The number of hydrogen-bond acceptors (Lipinski definition) is 2. The maximum Gasteiger partial charge on any atom is 0.319 e. The number of anilines is 1. The van der Waals surface area contributed by atoms with Crippen LogP contribution in [-0.2, 0) is 0 Å². The molecule has 126 valence electrons. The first-order valence-electron chi connectivity index (χ1n) is 7.21. The lowest BCUT2D eigenvalue weighted by Crippen LogP contribution is -2.31. The molecule has 0 aromatic heterocycles. The molecule has 4 N–H and O–H groups in total. The van der Waals surface area contributed by atoms with E-state index >= 15 is 0 Å². The minimum absolute atomic E-state index is 0.324. The number of carbonyl (C=O) groups excluding carboxylic acids is 2. The molecule has 0 aliphatic rings. The lowest BCUT2D eigenvalue weighted by molar-refractivity contribution is 0.100. The number of primary amides is 1. The monoisotopic (exact) mass is 365 g/mol. The number of benzene rings is 2. The number of nitrogens with two attached hydrogens (primary N) is 1. The van der Waals surface area contributed by atoms with E-state index in [1.165, 1.54) is 6.07 Å². The van der Waals surface area contributed by atoms with E-state index in [-0.39, 0.29) is 6.04 Å². The van der Waals surface area contributed by atoms with Crippen molar-refractivity contribution in [1.82, 2.24) is 5.32 Å². The number of nitrogens with one attached hydrogen (secondary N) is 2. The van der Waals surface area contributed by atoms with E-state index in [2.05, 4.69) is 10.6 Å². The number of halogens is 2. The van der Waals surface area contributed by atoms with Crippen molar-refractivity contribution in [3.05, 3.63) is 63.1 Å². The summed E-state index contributed by atoms with van der Waals surface area (Å²) < 4.78 is 0. The number of hydrogen-bond donors (Lipinski definition) is 3. The first kappa shape index (κ1) is 18.1. The minimum atomic E-state index is -0.556. The molecule has 0 saturated heterocycles. The molecule has 0 bridgehead atoms. The highest BCUT2D eigenvalue weighted by atomic mass is 35.5. The van der Waals surface area contributed by atoms with Crippen molar-refractivity contribution >= 4 is 40.8 Å². The number of aryl methyl sites for hydroxylation is 1. The van der Waals surface area contributed by atoms with Gasteiger partial charge in [0.2, 0.25) is 5.91 Å². The normalized spacial score (nSPS) is 11.7. The summed E-state index contributed by atoms with van der Waals surface area (Å²) in [4.78, 5) is 23.4. The molecule has 3 amide bonds. The Balaban J connectivity index is 2.10. The highest BCUT2D eigenvalue weighted by Gasteiger charge is 2.14. The summed E-state index contributed by atoms with van der Waals surface area (Å²) in [7, 11) is 0. The molecule has 0 aliphatic heterocycles. The van der Waals surface area contributed by atoms with E-state index < -0.39 is 11.9 Å². The fraction of sp³-hybridized carbons (Fsp3) is 0.176. The molecule has 2 rings (SSSR count). The van der Waals surface area contributed by atoms with Crippen LogP contribution in [0, 0.1) is 6.92 Å². The molecule has 0 radical (unpaired) electrons. The second-order valence-corrected chi connectivity index (χ2v) is 6.22. The van der Waals surface area contributed by atoms with Crippen LogP contribution in [0.2, 0.25) is 10.0 Å². The summed E-state index contributed by atoms with van der Waals surface area (Å²) in [5.41, 5.74) is 7.65. The summed E-state index contributed by atoms with van der Waals surface area (Å²) in [6.07, 6.45) is 0. The van der Waals surface area contributed by atoms with Crippen molar-refractivity contribution in [3.63, 3.8) is 0 Å². The van der Waals surface area contributed by atoms with Gasteiger partial charge < -0.3 is 16.4 Å². The number of urea groups is 1. The van der Waals surface area contributed by atoms with Crippen LogP contribution in [0.1, 0.15) is 34.5 Å². The molecule has 0 fully saturated rings. The third-order valence-corrected chi connectivity index (χ3v) is 4.11. The van der Waals surface area contributed by atoms with Crippen LogP contribution in [0.25, 0.3) is 0 Å². The van der Waals surface area contributed by atoms with Gasteiger partial charge in [0.1, 0.15) is 0 Å². The molecule has 7 heteroatoms. The zero-order chi connectivity index (χ0) is 17.9. The van der Waals surface area contributed by atoms with Gasteiger partial charge in [0.15, 0.2) is 0 Å². The predicted octanol–water partition coefficient (Wildman–Crippen LogP) is 4.28. The molecule has 24 heavy (non-hydrogen) atoms. The lowest BCUT2D eigenvalue weighted by atomic mass is 10.1. The molecule has 1 atom stereocenters. The Morgan fingerprint density at radius 2 is 1.83 bits per heavy atom. The van der Waals surface area contributed by atoms with E-state index in [1.807, 2.05) is 6.92 Å². The van der Waals surface area contributed by atoms with Crippen molar-refractivity contribution in [2.45, 2.75) is 19.9 Å². The van der Waals surface area contributed by atoms with Crippen molar-refractivity contribution in [1.29, 1.82) is 0 Å².